The lowest BCUT2D eigenvalue weighted by molar-refractivity contribution is -0.137. The van der Waals surface area contributed by atoms with Crippen LogP contribution in [0, 0.1) is 0 Å². The van der Waals surface area contributed by atoms with Crippen molar-refractivity contribution in [2.45, 2.75) is 51.7 Å². The number of carbonyl (C=O) groups is 2. The second-order valence-corrected chi connectivity index (χ2v) is 12.5. The number of nitrogens with zero attached hydrogens (tertiary/aromatic N) is 6. The summed E-state index contributed by atoms with van der Waals surface area (Å²) in [6.07, 6.45) is 5.64. The number of rotatable bonds is 9. The van der Waals surface area contributed by atoms with Gasteiger partial charge in [0.15, 0.2) is 5.13 Å². The number of hydrogen-bond acceptors (Lipinski definition) is 10. The number of amides is 1. The lowest BCUT2D eigenvalue weighted by atomic mass is 10.2. The van der Waals surface area contributed by atoms with E-state index in [0.717, 1.165) is 41.6 Å². The van der Waals surface area contributed by atoms with Crippen LogP contribution in [0.25, 0.3) is 10.6 Å². The molecule has 13 heteroatoms. The van der Waals surface area contributed by atoms with Gasteiger partial charge < -0.3 is 10.0 Å². The molecule has 5 heterocycles. The van der Waals surface area contributed by atoms with E-state index in [1.54, 1.807) is 17.5 Å². The van der Waals surface area contributed by atoms with Gasteiger partial charge in [-0.15, -0.1) is 11.3 Å². The summed E-state index contributed by atoms with van der Waals surface area (Å²) in [5.41, 5.74) is 1.08. The van der Waals surface area contributed by atoms with Crippen LogP contribution in [0.15, 0.2) is 23.8 Å². The third-order valence-electron chi connectivity index (χ3n) is 7.27. The first-order chi connectivity index (χ1) is 18.8. The molecule has 0 spiro atoms. The first-order valence-corrected chi connectivity index (χ1v) is 15.2. The van der Waals surface area contributed by atoms with Gasteiger partial charge in [-0.3, -0.25) is 24.7 Å². The third kappa shape index (κ3) is 6.75. The summed E-state index contributed by atoms with van der Waals surface area (Å²) in [5, 5.41) is 15.0. The summed E-state index contributed by atoms with van der Waals surface area (Å²) < 4.78 is 0. The maximum absolute atomic E-state index is 13.0. The van der Waals surface area contributed by atoms with E-state index in [1.807, 2.05) is 11.4 Å². The lowest BCUT2D eigenvalue weighted by Crippen LogP contribution is -2.52. The molecule has 0 aliphatic carbocycles. The highest BCUT2D eigenvalue weighted by Gasteiger charge is 2.27. The van der Waals surface area contributed by atoms with Crippen molar-refractivity contribution in [2.24, 2.45) is 0 Å². The van der Waals surface area contributed by atoms with Gasteiger partial charge >= 0.3 is 5.97 Å². The van der Waals surface area contributed by atoms with Gasteiger partial charge in [-0.05, 0) is 39.3 Å². The van der Waals surface area contributed by atoms with Gasteiger partial charge in [-0.2, -0.15) is 0 Å². The molecule has 2 fully saturated rings. The Morgan fingerprint density at radius 1 is 1.18 bits per heavy atom. The largest absolute Gasteiger partial charge is 0.481 e. The van der Waals surface area contributed by atoms with Crippen molar-refractivity contribution in [1.29, 1.82) is 0 Å². The number of thiazole rings is 1. The SMILES string of the molecule is C[C@@H]1CCCN1Cc1sc(NC(=O)c2cnc(N3CCN(CCC(=O)O)C[C@H]3C)cn2)nc1-c1cc(Cl)cs1. The zero-order valence-electron chi connectivity index (χ0n) is 22.0. The van der Waals surface area contributed by atoms with Crippen molar-refractivity contribution in [3.8, 4) is 10.6 Å². The topological polar surface area (TPSA) is 115 Å². The molecule has 0 aromatic carbocycles. The van der Waals surface area contributed by atoms with Gasteiger partial charge in [0.1, 0.15) is 11.5 Å². The molecule has 3 aromatic heterocycles. The predicted molar refractivity (Wildman–Crippen MR) is 155 cm³/mol. The fourth-order valence-electron chi connectivity index (χ4n) is 5.13. The monoisotopic (exact) mass is 589 g/mol. The van der Waals surface area contributed by atoms with Gasteiger partial charge in [0.25, 0.3) is 5.91 Å². The van der Waals surface area contributed by atoms with Crippen LogP contribution in [0.5, 0.6) is 0 Å². The molecule has 2 atom stereocenters. The molecule has 5 rings (SSSR count). The maximum atomic E-state index is 13.0. The van der Waals surface area contributed by atoms with Crippen LogP contribution in [0.2, 0.25) is 5.02 Å². The standard InChI is InChI=1S/C26H32ClN7O3S2/c1-16-4-3-6-33(16)14-21-24(20-10-18(27)15-38-20)30-26(39-21)31-25(37)19-11-29-22(12-28-19)34-9-8-32(13-17(34)2)7-5-23(35)36/h10-12,15-17H,3-9,13-14H2,1-2H3,(H,35,36)(H,30,31,37)/t16-,17-/m1/s1. The zero-order chi connectivity index (χ0) is 27.5. The molecule has 3 aromatic rings. The summed E-state index contributed by atoms with van der Waals surface area (Å²) in [6.45, 7) is 8.93. The molecule has 2 aliphatic rings. The number of anilines is 2. The number of hydrogen-bond donors (Lipinski definition) is 2. The smallest absolute Gasteiger partial charge is 0.304 e. The van der Waals surface area contributed by atoms with Crippen LogP contribution in [-0.4, -0.2) is 86.5 Å². The van der Waals surface area contributed by atoms with Gasteiger partial charge in [-0.25, -0.2) is 15.0 Å². The number of nitrogens with one attached hydrogen (secondary N) is 1. The Bertz CT molecular complexity index is 1320. The van der Waals surface area contributed by atoms with Crippen molar-refractivity contribution in [3.05, 3.63) is 39.4 Å². The van der Waals surface area contributed by atoms with Crippen LogP contribution < -0.4 is 10.2 Å². The van der Waals surface area contributed by atoms with Crippen molar-refractivity contribution in [3.63, 3.8) is 0 Å². The van der Waals surface area contributed by atoms with Gasteiger partial charge in [0.2, 0.25) is 0 Å². The molecule has 0 bridgehead atoms. The highest BCUT2D eigenvalue weighted by Crippen LogP contribution is 2.37. The van der Waals surface area contributed by atoms with Crippen LogP contribution >= 0.6 is 34.3 Å². The average Bonchev–Trinajstić information content (AvgIpc) is 3.63. The number of aromatic nitrogens is 3. The van der Waals surface area contributed by atoms with E-state index >= 15 is 0 Å². The van der Waals surface area contributed by atoms with E-state index < -0.39 is 5.97 Å². The van der Waals surface area contributed by atoms with Crippen LogP contribution in [0.3, 0.4) is 0 Å². The summed E-state index contributed by atoms with van der Waals surface area (Å²) in [6, 6.07) is 2.59. The van der Waals surface area contributed by atoms with E-state index in [2.05, 4.69) is 43.8 Å². The summed E-state index contributed by atoms with van der Waals surface area (Å²) >= 11 is 9.24. The first-order valence-electron chi connectivity index (χ1n) is 13.1. The average molecular weight is 590 g/mol. The Kier molecular flexibility index (Phi) is 8.77. The number of carbonyl (C=O) groups excluding carboxylic acids is 1. The zero-order valence-corrected chi connectivity index (χ0v) is 24.4. The number of piperazine rings is 1. The second-order valence-electron chi connectivity index (χ2n) is 10.1. The Balaban J connectivity index is 1.25. The van der Waals surface area contributed by atoms with E-state index in [0.29, 0.717) is 35.1 Å². The van der Waals surface area contributed by atoms with E-state index in [-0.39, 0.29) is 24.1 Å². The number of carboxylic acid groups (broad SMARTS) is 1. The molecule has 39 heavy (non-hydrogen) atoms. The Labute approximate surface area is 240 Å². The Morgan fingerprint density at radius 3 is 2.67 bits per heavy atom. The fraction of sp³-hybridized carbons (Fsp3) is 0.500. The van der Waals surface area contributed by atoms with Gasteiger partial charge in [-0.1, -0.05) is 22.9 Å². The number of carboxylic acids is 1. The predicted octanol–water partition coefficient (Wildman–Crippen LogP) is 4.54. The number of likely N-dealkylation sites (tertiary alicyclic amines) is 1. The van der Waals surface area contributed by atoms with Crippen LogP contribution in [0.1, 0.15) is 48.5 Å². The minimum absolute atomic E-state index is 0.136. The van der Waals surface area contributed by atoms with Crippen LogP contribution in [0.4, 0.5) is 10.9 Å². The summed E-state index contributed by atoms with van der Waals surface area (Å²) in [7, 11) is 0. The number of thiophene rings is 1. The molecule has 0 saturated carbocycles. The summed E-state index contributed by atoms with van der Waals surface area (Å²) in [4.78, 5) is 46.4. The molecule has 2 N–H and O–H groups in total. The summed E-state index contributed by atoms with van der Waals surface area (Å²) in [5.74, 6) is -0.441. The van der Waals surface area contributed by atoms with Crippen molar-refractivity contribution in [2.75, 3.05) is 42.9 Å². The van der Waals surface area contributed by atoms with E-state index in [1.165, 1.54) is 30.4 Å². The fourth-order valence-corrected chi connectivity index (χ4v) is 7.28. The molecule has 208 valence electrons. The van der Waals surface area contributed by atoms with Crippen molar-refractivity contribution in [1.82, 2.24) is 24.8 Å². The molecule has 2 aliphatic heterocycles. The van der Waals surface area contributed by atoms with Crippen LogP contribution in [-0.2, 0) is 11.3 Å². The first kappa shape index (κ1) is 27.9. The Morgan fingerprint density at radius 2 is 2.03 bits per heavy atom. The minimum Gasteiger partial charge on any atom is -0.481 e. The molecule has 0 radical (unpaired) electrons. The minimum atomic E-state index is -0.785. The van der Waals surface area contributed by atoms with Crippen molar-refractivity contribution < 1.29 is 14.7 Å². The van der Waals surface area contributed by atoms with Crippen molar-refractivity contribution >= 4 is 57.1 Å². The van der Waals surface area contributed by atoms with Gasteiger partial charge in [0, 0.05) is 55.1 Å². The maximum Gasteiger partial charge on any atom is 0.304 e. The highest BCUT2D eigenvalue weighted by molar-refractivity contribution is 7.17. The third-order valence-corrected chi connectivity index (χ3v) is 9.51. The molecular formula is C26H32ClN7O3S2. The molecule has 2 saturated heterocycles. The van der Waals surface area contributed by atoms with Gasteiger partial charge in [0.05, 0.1) is 34.4 Å². The normalized spacial score (nSPS) is 20.4. The quantitative estimate of drug-likeness (QED) is 0.371. The lowest BCUT2D eigenvalue weighted by Gasteiger charge is -2.40. The number of halogens is 1. The van der Waals surface area contributed by atoms with E-state index in [4.69, 9.17) is 21.7 Å². The Hall–Kier alpha value is -2.64. The number of aliphatic carboxylic acids is 1. The highest BCUT2D eigenvalue weighted by atomic mass is 35.5. The molecular weight excluding hydrogens is 558 g/mol. The molecule has 0 unspecified atom stereocenters. The molecule has 1 amide bonds. The molecule has 10 nitrogen and oxygen atoms in total. The second kappa shape index (κ2) is 12.3. The van der Waals surface area contributed by atoms with E-state index in [9.17, 15) is 9.59 Å².